The summed E-state index contributed by atoms with van der Waals surface area (Å²) in [5.74, 6) is 3.16. The van der Waals surface area contributed by atoms with Gasteiger partial charge in [-0.1, -0.05) is 36.4 Å². The number of aromatic nitrogens is 4. The van der Waals surface area contributed by atoms with Crippen molar-refractivity contribution in [1.29, 1.82) is 0 Å². The molecule has 0 saturated heterocycles. The van der Waals surface area contributed by atoms with Gasteiger partial charge in [-0.3, -0.25) is 4.90 Å². The molecule has 1 aliphatic heterocycles. The predicted octanol–water partition coefficient (Wildman–Crippen LogP) is 2.39. The van der Waals surface area contributed by atoms with E-state index in [2.05, 4.69) is 61.0 Å². The fourth-order valence-electron chi connectivity index (χ4n) is 3.53. The quantitative estimate of drug-likeness (QED) is 0.698. The Morgan fingerprint density at radius 1 is 0.926 bits per heavy atom. The van der Waals surface area contributed by atoms with Crippen molar-refractivity contribution < 1.29 is 0 Å². The monoisotopic (exact) mass is 362 g/mol. The molecular weight excluding hydrogens is 336 g/mol. The predicted molar refractivity (Wildman–Crippen MR) is 107 cm³/mol. The van der Waals surface area contributed by atoms with Crippen LogP contribution in [-0.4, -0.2) is 51.8 Å². The first-order chi connectivity index (χ1) is 13.2. The number of rotatable bonds is 5. The van der Waals surface area contributed by atoms with Gasteiger partial charge in [0.1, 0.15) is 17.5 Å². The van der Waals surface area contributed by atoms with Gasteiger partial charge in [0.15, 0.2) is 0 Å². The van der Waals surface area contributed by atoms with Crippen molar-refractivity contribution in [3.8, 4) is 0 Å². The van der Waals surface area contributed by atoms with E-state index in [0.29, 0.717) is 0 Å². The number of anilines is 1. The van der Waals surface area contributed by atoms with Crippen LogP contribution in [0.15, 0.2) is 48.7 Å². The molecule has 4 rings (SSSR count). The molecule has 0 saturated carbocycles. The Kier molecular flexibility index (Phi) is 5.16. The molecule has 0 amide bonds. The van der Waals surface area contributed by atoms with Gasteiger partial charge in [-0.25, -0.2) is 4.98 Å². The summed E-state index contributed by atoms with van der Waals surface area (Å²) in [5, 5.41) is 8.90. The van der Waals surface area contributed by atoms with E-state index in [4.69, 9.17) is 0 Å². The van der Waals surface area contributed by atoms with Crippen LogP contribution in [0.4, 0.5) is 5.82 Å². The van der Waals surface area contributed by atoms with Gasteiger partial charge in [-0.05, 0) is 17.2 Å². The highest BCUT2D eigenvalue weighted by atomic mass is 15.3. The van der Waals surface area contributed by atoms with E-state index in [1.54, 1.807) is 0 Å². The molecule has 6 heteroatoms. The Morgan fingerprint density at radius 2 is 1.78 bits per heavy atom. The molecule has 1 aliphatic rings. The number of nitrogens with zero attached hydrogens (tertiary/aromatic N) is 6. The average Bonchev–Trinajstić information content (AvgIpc) is 2.95. The van der Waals surface area contributed by atoms with Gasteiger partial charge < -0.3 is 9.47 Å². The third-order valence-corrected chi connectivity index (χ3v) is 5.07. The summed E-state index contributed by atoms with van der Waals surface area (Å²) in [6.45, 7) is 3.86. The number of pyridine rings is 1. The van der Waals surface area contributed by atoms with Gasteiger partial charge in [0.05, 0.1) is 0 Å². The van der Waals surface area contributed by atoms with Gasteiger partial charge in [0, 0.05) is 59.3 Å². The molecule has 0 aliphatic carbocycles. The lowest BCUT2D eigenvalue weighted by molar-refractivity contribution is 0.270. The first kappa shape index (κ1) is 17.7. The van der Waals surface area contributed by atoms with Crippen LogP contribution in [0.1, 0.15) is 22.8 Å². The molecule has 3 heterocycles. The van der Waals surface area contributed by atoms with Crippen LogP contribution in [0.2, 0.25) is 0 Å². The van der Waals surface area contributed by atoms with Crippen LogP contribution in [0.3, 0.4) is 0 Å². The van der Waals surface area contributed by atoms with E-state index in [-0.39, 0.29) is 0 Å². The van der Waals surface area contributed by atoms with Crippen molar-refractivity contribution in [3.63, 3.8) is 0 Å². The fraction of sp³-hybridized carbons (Fsp3) is 0.381. The molecule has 27 heavy (non-hydrogen) atoms. The van der Waals surface area contributed by atoms with Crippen molar-refractivity contribution >= 4 is 5.82 Å². The molecule has 0 unspecified atom stereocenters. The number of benzene rings is 1. The van der Waals surface area contributed by atoms with E-state index >= 15 is 0 Å². The van der Waals surface area contributed by atoms with Crippen LogP contribution in [0, 0.1) is 0 Å². The maximum atomic E-state index is 4.53. The Hall–Kier alpha value is -2.73. The second-order valence-electron chi connectivity index (χ2n) is 7.29. The van der Waals surface area contributed by atoms with E-state index in [0.717, 1.165) is 56.5 Å². The minimum absolute atomic E-state index is 0.837. The Bertz CT molecular complexity index is 869. The SMILES string of the molecule is CN(C)c1ccc(CN2CCc3nnc(Cc4ccccc4)n3CC2)cn1. The van der Waals surface area contributed by atoms with Crippen LogP contribution < -0.4 is 4.90 Å². The highest BCUT2D eigenvalue weighted by Gasteiger charge is 2.19. The first-order valence-electron chi connectivity index (χ1n) is 9.48. The summed E-state index contributed by atoms with van der Waals surface area (Å²) in [6.07, 6.45) is 3.76. The first-order valence-corrected chi connectivity index (χ1v) is 9.48. The molecule has 140 valence electrons. The van der Waals surface area contributed by atoms with Crippen LogP contribution in [0.25, 0.3) is 0 Å². The lowest BCUT2D eigenvalue weighted by atomic mass is 10.1. The summed E-state index contributed by atoms with van der Waals surface area (Å²) < 4.78 is 2.31. The summed E-state index contributed by atoms with van der Waals surface area (Å²) in [4.78, 5) is 9.03. The molecule has 2 aromatic heterocycles. The minimum Gasteiger partial charge on any atom is -0.363 e. The van der Waals surface area contributed by atoms with Crippen LogP contribution >= 0.6 is 0 Å². The minimum atomic E-state index is 0.837. The van der Waals surface area contributed by atoms with Crippen LogP contribution in [-0.2, 0) is 25.9 Å². The summed E-state index contributed by atoms with van der Waals surface area (Å²) in [6, 6.07) is 14.8. The topological polar surface area (TPSA) is 50.1 Å². The third-order valence-electron chi connectivity index (χ3n) is 5.07. The molecular formula is C21H26N6. The summed E-state index contributed by atoms with van der Waals surface area (Å²) in [7, 11) is 4.03. The average molecular weight is 362 g/mol. The number of hydrogen-bond donors (Lipinski definition) is 0. The van der Waals surface area contributed by atoms with Crippen molar-refractivity contribution in [3.05, 3.63) is 71.4 Å². The van der Waals surface area contributed by atoms with E-state index in [1.165, 1.54) is 11.1 Å². The zero-order valence-corrected chi connectivity index (χ0v) is 16.0. The fourth-order valence-corrected chi connectivity index (χ4v) is 3.53. The maximum Gasteiger partial charge on any atom is 0.137 e. The van der Waals surface area contributed by atoms with Crippen molar-refractivity contribution in [1.82, 2.24) is 24.6 Å². The third kappa shape index (κ3) is 4.17. The van der Waals surface area contributed by atoms with Crippen molar-refractivity contribution in [2.45, 2.75) is 25.9 Å². The van der Waals surface area contributed by atoms with Gasteiger partial charge in [0.2, 0.25) is 0 Å². The molecule has 0 N–H and O–H groups in total. The second-order valence-corrected chi connectivity index (χ2v) is 7.29. The number of hydrogen-bond acceptors (Lipinski definition) is 5. The van der Waals surface area contributed by atoms with E-state index in [9.17, 15) is 0 Å². The summed E-state index contributed by atoms with van der Waals surface area (Å²) in [5.41, 5.74) is 2.53. The van der Waals surface area contributed by atoms with Crippen molar-refractivity contribution in [2.75, 3.05) is 32.1 Å². The standard InChI is InChI=1S/C21H26N6/c1-25(2)19-9-8-18(15-22-19)16-26-11-10-20-23-24-21(27(20)13-12-26)14-17-6-4-3-5-7-17/h3-9,15H,10-14,16H2,1-2H3. The molecule has 3 aromatic rings. The van der Waals surface area contributed by atoms with E-state index in [1.807, 2.05) is 31.3 Å². The Morgan fingerprint density at radius 3 is 2.52 bits per heavy atom. The summed E-state index contributed by atoms with van der Waals surface area (Å²) >= 11 is 0. The molecule has 0 spiro atoms. The largest absolute Gasteiger partial charge is 0.363 e. The lowest BCUT2D eigenvalue weighted by Gasteiger charge is -2.20. The van der Waals surface area contributed by atoms with Gasteiger partial charge in [0.25, 0.3) is 0 Å². The molecule has 0 radical (unpaired) electrons. The smallest absolute Gasteiger partial charge is 0.137 e. The van der Waals surface area contributed by atoms with Crippen molar-refractivity contribution in [2.24, 2.45) is 0 Å². The number of fused-ring (bicyclic) bond motifs is 1. The molecule has 0 atom stereocenters. The molecule has 6 nitrogen and oxygen atoms in total. The highest BCUT2D eigenvalue weighted by molar-refractivity contribution is 5.37. The second kappa shape index (κ2) is 7.88. The maximum absolute atomic E-state index is 4.53. The Labute approximate surface area is 160 Å². The Balaban J connectivity index is 1.41. The van der Waals surface area contributed by atoms with Gasteiger partial charge in [-0.15, -0.1) is 10.2 Å². The van der Waals surface area contributed by atoms with E-state index < -0.39 is 0 Å². The lowest BCUT2D eigenvalue weighted by Crippen LogP contribution is -2.27. The zero-order chi connectivity index (χ0) is 18.6. The molecule has 0 bridgehead atoms. The highest BCUT2D eigenvalue weighted by Crippen LogP contribution is 2.15. The molecule has 1 aromatic carbocycles. The normalized spacial score (nSPS) is 14.6. The van der Waals surface area contributed by atoms with Gasteiger partial charge >= 0.3 is 0 Å². The molecule has 0 fully saturated rings. The van der Waals surface area contributed by atoms with Gasteiger partial charge in [-0.2, -0.15) is 0 Å². The zero-order valence-electron chi connectivity index (χ0n) is 16.0. The van der Waals surface area contributed by atoms with Crippen LogP contribution in [0.5, 0.6) is 0 Å².